The Bertz CT molecular complexity index is 1080. The van der Waals surface area contributed by atoms with Crippen molar-refractivity contribution in [3.05, 3.63) is 53.4 Å². The highest BCUT2D eigenvalue weighted by Crippen LogP contribution is 2.23. The van der Waals surface area contributed by atoms with Crippen LogP contribution in [0.1, 0.15) is 43.6 Å². The van der Waals surface area contributed by atoms with Crippen molar-refractivity contribution >= 4 is 27.5 Å². The van der Waals surface area contributed by atoms with Crippen LogP contribution in [-0.2, 0) is 27.7 Å². The number of carbonyl (C=O) groups is 1. The number of hydrogen-bond acceptors (Lipinski definition) is 6. The predicted molar refractivity (Wildman–Crippen MR) is 120 cm³/mol. The molecule has 0 saturated heterocycles. The van der Waals surface area contributed by atoms with Crippen molar-refractivity contribution in [3.8, 4) is 0 Å². The molecule has 4 N–H and O–H groups in total. The maximum Gasteiger partial charge on any atom is 0.238 e. The maximum absolute atomic E-state index is 12.2. The number of benzene rings is 1. The number of primary sulfonamides is 1. The van der Waals surface area contributed by atoms with E-state index in [4.69, 9.17) is 10.9 Å². The van der Waals surface area contributed by atoms with Crippen LogP contribution in [0.4, 0.5) is 5.95 Å². The number of nitrogens with zero attached hydrogens (tertiary/aromatic N) is 3. The fourth-order valence-electron chi connectivity index (χ4n) is 3.60. The SMILES string of the molecule is CC(C)C(=O)N1CC=C(c2cc(CCCc3ccc(S(N)(=O)=O)cc3)nc(N)n2)CC1. The number of rotatable bonds is 7. The first-order chi connectivity index (χ1) is 14.6. The molecular formula is C22H29N5O3S. The molecule has 2 heterocycles. The molecule has 1 aromatic carbocycles. The first-order valence-electron chi connectivity index (χ1n) is 10.4. The third-order valence-electron chi connectivity index (χ3n) is 5.29. The summed E-state index contributed by atoms with van der Waals surface area (Å²) in [7, 11) is -3.67. The number of aryl methyl sites for hydroxylation is 2. The zero-order valence-corrected chi connectivity index (χ0v) is 18.7. The van der Waals surface area contributed by atoms with Gasteiger partial charge in [0.1, 0.15) is 0 Å². The van der Waals surface area contributed by atoms with Gasteiger partial charge in [0, 0.05) is 24.7 Å². The minimum atomic E-state index is -3.67. The summed E-state index contributed by atoms with van der Waals surface area (Å²) in [5, 5.41) is 5.13. The van der Waals surface area contributed by atoms with Gasteiger partial charge in [0.2, 0.25) is 21.9 Å². The minimum absolute atomic E-state index is 0.00726. The number of anilines is 1. The summed E-state index contributed by atoms with van der Waals surface area (Å²) in [6, 6.07) is 8.56. The maximum atomic E-state index is 12.2. The number of hydrogen-bond donors (Lipinski definition) is 2. The number of sulfonamides is 1. The molecule has 8 nitrogen and oxygen atoms in total. The van der Waals surface area contributed by atoms with Gasteiger partial charge in [0.25, 0.3) is 0 Å². The van der Waals surface area contributed by atoms with Gasteiger partial charge in [-0.15, -0.1) is 0 Å². The molecule has 9 heteroatoms. The third kappa shape index (κ3) is 6.11. The third-order valence-corrected chi connectivity index (χ3v) is 6.22. The normalized spacial score (nSPS) is 14.6. The zero-order valence-electron chi connectivity index (χ0n) is 17.9. The van der Waals surface area contributed by atoms with E-state index < -0.39 is 10.0 Å². The Labute approximate surface area is 183 Å². The molecule has 0 radical (unpaired) electrons. The lowest BCUT2D eigenvalue weighted by molar-refractivity contribution is -0.134. The summed E-state index contributed by atoms with van der Waals surface area (Å²) >= 11 is 0. The van der Waals surface area contributed by atoms with Crippen LogP contribution in [0.2, 0.25) is 0 Å². The van der Waals surface area contributed by atoms with Gasteiger partial charge >= 0.3 is 0 Å². The zero-order chi connectivity index (χ0) is 22.6. The second-order valence-electron chi connectivity index (χ2n) is 8.06. The van der Waals surface area contributed by atoms with E-state index in [0.29, 0.717) is 13.1 Å². The summed E-state index contributed by atoms with van der Waals surface area (Å²) in [5.74, 6) is 0.397. The van der Waals surface area contributed by atoms with Gasteiger partial charge in [-0.05, 0) is 55.0 Å². The number of amides is 1. The fraction of sp³-hybridized carbons (Fsp3) is 0.409. The largest absolute Gasteiger partial charge is 0.368 e. The molecule has 3 rings (SSSR count). The molecule has 31 heavy (non-hydrogen) atoms. The van der Waals surface area contributed by atoms with E-state index in [1.807, 2.05) is 30.9 Å². The monoisotopic (exact) mass is 443 g/mol. The van der Waals surface area contributed by atoms with Crippen LogP contribution < -0.4 is 10.9 Å². The van der Waals surface area contributed by atoms with Crippen LogP contribution in [0.3, 0.4) is 0 Å². The molecule has 0 aliphatic carbocycles. The van der Waals surface area contributed by atoms with Crippen molar-refractivity contribution in [2.75, 3.05) is 18.8 Å². The number of aromatic nitrogens is 2. The molecule has 0 fully saturated rings. The Morgan fingerprint density at radius 1 is 1.16 bits per heavy atom. The topological polar surface area (TPSA) is 132 Å². The summed E-state index contributed by atoms with van der Waals surface area (Å²) in [6.07, 6.45) is 5.12. The van der Waals surface area contributed by atoms with Crippen molar-refractivity contribution < 1.29 is 13.2 Å². The van der Waals surface area contributed by atoms with E-state index in [-0.39, 0.29) is 22.7 Å². The smallest absolute Gasteiger partial charge is 0.238 e. The van der Waals surface area contributed by atoms with Crippen LogP contribution in [0, 0.1) is 5.92 Å². The van der Waals surface area contributed by atoms with Crippen molar-refractivity contribution in [2.45, 2.75) is 44.4 Å². The van der Waals surface area contributed by atoms with Crippen molar-refractivity contribution in [1.82, 2.24) is 14.9 Å². The fourth-order valence-corrected chi connectivity index (χ4v) is 4.11. The van der Waals surface area contributed by atoms with Crippen molar-refractivity contribution in [2.24, 2.45) is 11.1 Å². The molecule has 1 aromatic heterocycles. The Morgan fingerprint density at radius 3 is 2.45 bits per heavy atom. The van der Waals surface area contributed by atoms with Crippen molar-refractivity contribution in [3.63, 3.8) is 0 Å². The summed E-state index contributed by atoms with van der Waals surface area (Å²) in [5.41, 5.74) is 9.73. The highest BCUT2D eigenvalue weighted by molar-refractivity contribution is 7.89. The van der Waals surface area contributed by atoms with Crippen molar-refractivity contribution in [1.29, 1.82) is 0 Å². The van der Waals surface area contributed by atoms with Crippen LogP contribution in [0.5, 0.6) is 0 Å². The standard InChI is InChI=1S/C22H29N5O3S/c1-15(2)21(28)27-12-10-17(11-13-27)20-14-18(25-22(23)26-20)5-3-4-16-6-8-19(9-7-16)31(24,29)30/h6-10,14-15H,3-5,11-13H2,1-2H3,(H2,23,25,26)(H2,24,29,30). The average Bonchev–Trinajstić information content (AvgIpc) is 2.72. The molecule has 0 unspecified atom stereocenters. The molecule has 166 valence electrons. The van der Waals surface area contributed by atoms with Gasteiger partial charge in [-0.3, -0.25) is 4.79 Å². The first-order valence-corrected chi connectivity index (χ1v) is 11.9. The second kappa shape index (κ2) is 9.57. The summed E-state index contributed by atoms with van der Waals surface area (Å²) in [4.78, 5) is 22.9. The molecule has 0 bridgehead atoms. The number of carbonyl (C=O) groups excluding carboxylic acids is 1. The average molecular weight is 444 g/mol. The molecule has 1 aliphatic rings. The van der Waals surface area contributed by atoms with Crippen LogP contribution in [0.15, 0.2) is 41.3 Å². The molecule has 1 aliphatic heterocycles. The van der Waals surface area contributed by atoms with Crippen LogP contribution in [0.25, 0.3) is 5.57 Å². The van der Waals surface area contributed by atoms with Gasteiger partial charge in [0.15, 0.2) is 0 Å². The Morgan fingerprint density at radius 2 is 1.87 bits per heavy atom. The van der Waals surface area contributed by atoms with E-state index >= 15 is 0 Å². The van der Waals surface area contributed by atoms with E-state index in [9.17, 15) is 13.2 Å². The van der Waals surface area contributed by atoms with Gasteiger partial charge < -0.3 is 10.6 Å². The van der Waals surface area contributed by atoms with Crippen LogP contribution >= 0.6 is 0 Å². The van der Waals surface area contributed by atoms with Gasteiger partial charge in [-0.2, -0.15) is 0 Å². The highest BCUT2D eigenvalue weighted by Gasteiger charge is 2.21. The predicted octanol–water partition coefficient (Wildman–Crippen LogP) is 2.15. The quantitative estimate of drug-likeness (QED) is 0.674. The number of nitrogens with two attached hydrogens (primary N) is 2. The molecule has 0 atom stereocenters. The molecule has 0 spiro atoms. The lowest BCUT2D eigenvalue weighted by Gasteiger charge is -2.28. The lowest BCUT2D eigenvalue weighted by Crippen LogP contribution is -2.37. The highest BCUT2D eigenvalue weighted by atomic mass is 32.2. The first kappa shape index (κ1) is 22.9. The van der Waals surface area contributed by atoms with E-state index in [2.05, 4.69) is 9.97 Å². The summed E-state index contributed by atoms with van der Waals surface area (Å²) < 4.78 is 22.7. The van der Waals surface area contributed by atoms with Gasteiger partial charge in [0.05, 0.1) is 10.6 Å². The molecule has 2 aromatic rings. The Kier molecular flexibility index (Phi) is 7.07. The molecule has 1 amide bonds. The van der Waals surface area contributed by atoms with E-state index in [1.165, 1.54) is 12.1 Å². The molecule has 0 saturated carbocycles. The van der Waals surface area contributed by atoms with Gasteiger partial charge in [-0.1, -0.05) is 32.1 Å². The number of nitrogen functional groups attached to an aromatic ring is 1. The summed E-state index contributed by atoms with van der Waals surface area (Å²) in [6.45, 7) is 5.08. The van der Waals surface area contributed by atoms with E-state index in [1.54, 1.807) is 12.1 Å². The Balaban J connectivity index is 1.62. The lowest BCUT2D eigenvalue weighted by atomic mass is 10.0. The Hall–Kier alpha value is -2.78. The van der Waals surface area contributed by atoms with E-state index in [0.717, 1.165) is 48.2 Å². The molecular weight excluding hydrogens is 414 g/mol. The second-order valence-corrected chi connectivity index (χ2v) is 9.62. The minimum Gasteiger partial charge on any atom is -0.368 e. The van der Waals surface area contributed by atoms with Gasteiger partial charge in [-0.25, -0.2) is 23.5 Å². The van der Waals surface area contributed by atoms with Crippen LogP contribution in [-0.4, -0.2) is 42.3 Å².